The van der Waals surface area contributed by atoms with E-state index in [9.17, 15) is 4.39 Å². The Morgan fingerprint density at radius 3 is 2.76 bits per heavy atom. The number of rotatable bonds is 2. The molecule has 5 heteroatoms. The lowest BCUT2D eigenvalue weighted by atomic mass is 10.0. The van der Waals surface area contributed by atoms with Crippen LogP contribution in [0.4, 0.5) is 4.39 Å². The first-order chi connectivity index (χ1) is 8.11. The van der Waals surface area contributed by atoms with Crippen molar-refractivity contribution in [2.24, 2.45) is 5.73 Å². The van der Waals surface area contributed by atoms with Crippen LogP contribution in [-0.4, -0.2) is 4.98 Å². The summed E-state index contributed by atoms with van der Waals surface area (Å²) in [4.78, 5) is 3.87. The first kappa shape index (κ1) is 12.5. The molecule has 1 aromatic carbocycles. The fourth-order valence-electron chi connectivity index (χ4n) is 1.57. The Bertz CT molecular complexity index is 548. The summed E-state index contributed by atoms with van der Waals surface area (Å²) in [5.74, 6) is -0.368. The predicted molar refractivity (Wildman–Crippen MR) is 69.4 cm³/mol. The van der Waals surface area contributed by atoms with Crippen LogP contribution in [-0.2, 0) is 0 Å². The van der Waals surface area contributed by atoms with Gasteiger partial charge in [0, 0.05) is 18.0 Å². The van der Waals surface area contributed by atoms with Gasteiger partial charge < -0.3 is 5.73 Å². The number of nitrogens with zero attached hydrogens (tertiary/aromatic N) is 1. The third-order valence-corrected chi connectivity index (χ3v) is 3.38. The van der Waals surface area contributed by atoms with E-state index in [2.05, 4.69) is 20.9 Å². The van der Waals surface area contributed by atoms with Gasteiger partial charge in [-0.2, -0.15) is 0 Å². The molecule has 1 atom stereocenters. The zero-order valence-corrected chi connectivity index (χ0v) is 11.0. The Labute approximate surface area is 112 Å². The van der Waals surface area contributed by atoms with Crippen LogP contribution in [0.2, 0.25) is 5.02 Å². The second-order valence-electron chi connectivity index (χ2n) is 3.52. The summed E-state index contributed by atoms with van der Waals surface area (Å²) in [5.41, 5.74) is 7.06. The third-order valence-electron chi connectivity index (χ3n) is 2.46. The van der Waals surface area contributed by atoms with E-state index in [0.717, 1.165) is 0 Å². The third kappa shape index (κ3) is 2.49. The van der Waals surface area contributed by atoms with E-state index in [-0.39, 0.29) is 5.82 Å². The van der Waals surface area contributed by atoms with Gasteiger partial charge in [0.05, 0.1) is 15.5 Å². The molecule has 0 fully saturated rings. The average Bonchev–Trinajstić information content (AvgIpc) is 2.32. The van der Waals surface area contributed by atoms with Gasteiger partial charge in [-0.3, -0.25) is 4.98 Å². The van der Waals surface area contributed by atoms with E-state index >= 15 is 0 Å². The molecule has 0 aliphatic carbocycles. The molecule has 2 nitrogen and oxygen atoms in total. The molecule has 0 spiro atoms. The van der Waals surface area contributed by atoms with Crippen LogP contribution in [0, 0.1) is 5.82 Å². The minimum absolute atomic E-state index is 0.368. The highest BCUT2D eigenvalue weighted by molar-refractivity contribution is 9.10. The topological polar surface area (TPSA) is 38.9 Å². The summed E-state index contributed by atoms with van der Waals surface area (Å²) in [6.07, 6.45) is 3.07. The van der Waals surface area contributed by atoms with Gasteiger partial charge in [0.2, 0.25) is 0 Å². The molecule has 1 aromatic heterocycles. The standard InChI is InChI=1S/C12H9BrClFN2/c13-9-3-1-2-8(11(9)15)12(16)7-4-5-17-6-10(7)14/h1-6,12H,16H2. The smallest absolute Gasteiger partial charge is 0.142 e. The monoisotopic (exact) mass is 314 g/mol. The van der Waals surface area contributed by atoms with Crippen molar-refractivity contribution in [1.82, 2.24) is 4.98 Å². The SMILES string of the molecule is NC(c1ccncc1Cl)c1cccc(Br)c1F. The van der Waals surface area contributed by atoms with E-state index in [1.807, 2.05) is 0 Å². The highest BCUT2D eigenvalue weighted by Crippen LogP contribution is 2.29. The summed E-state index contributed by atoms with van der Waals surface area (Å²) in [5, 5.41) is 0.430. The molecule has 17 heavy (non-hydrogen) atoms. The highest BCUT2D eigenvalue weighted by atomic mass is 79.9. The summed E-state index contributed by atoms with van der Waals surface area (Å²) in [7, 11) is 0. The number of nitrogens with two attached hydrogens (primary N) is 1. The fourth-order valence-corrected chi connectivity index (χ4v) is 2.18. The molecule has 0 amide bonds. The molecule has 1 heterocycles. The molecule has 2 N–H and O–H groups in total. The Balaban J connectivity index is 2.48. The van der Waals surface area contributed by atoms with Crippen molar-refractivity contribution in [2.75, 3.05) is 0 Å². The van der Waals surface area contributed by atoms with Gasteiger partial charge in [0.25, 0.3) is 0 Å². The molecular weight excluding hydrogens is 307 g/mol. The van der Waals surface area contributed by atoms with Crippen LogP contribution in [0.1, 0.15) is 17.2 Å². The molecule has 88 valence electrons. The van der Waals surface area contributed by atoms with Crippen molar-refractivity contribution < 1.29 is 4.39 Å². The van der Waals surface area contributed by atoms with E-state index in [0.29, 0.717) is 20.6 Å². The van der Waals surface area contributed by atoms with Gasteiger partial charge in [-0.1, -0.05) is 23.7 Å². The van der Waals surface area contributed by atoms with Gasteiger partial charge in [0.1, 0.15) is 5.82 Å². The first-order valence-corrected chi connectivity index (χ1v) is 6.07. The molecule has 0 aliphatic rings. The number of pyridine rings is 1. The zero-order valence-electron chi connectivity index (χ0n) is 8.70. The molecular formula is C12H9BrClFN2. The van der Waals surface area contributed by atoms with Crippen molar-refractivity contribution >= 4 is 27.5 Å². The lowest BCUT2D eigenvalue weighted by Gasteiger charge is -2.15. The maximum atomic E-state index is 13.9. The van der Waals surface area contributed by atoms with Crippen LogP contribution in [0.5, 0.6) is 0 Å². The van der Waals surface area contributed by atoms with Crippen molar-refractivity contribution in [2.45, 2.75) is 6.04 Å². The van der Waals surface area contributed by atoms with Crippen LogP contribution in [0.3, 0.4) is 0 Å². The first-order valence-electron chi connectivity index (χ1n) is 4.90. The summed E-state index contributed by atoms with van der Waals surface area (Å²) in [6, 6.07) is 6.08. The number of benzene rings is 1. The van der Waals surface area contributed by atoms with Gasteiger partial charge in [-0.05, 0) is 33.6 Å². The van der Waals surface area contributed by atoms with Crippen LogP contribution in [0.15, 0.2) is 41.1 Å². The molecule has 1 unspecified atom stereocenters. The zero-order chi connectivity index (χ0) is 12.4. The van der Waals surface area contributed by atoms with Crippen molar-refractivity contribution in [3.05, 3.63) is 63.1 Å². The Morgan fingerprint density at radius 1 is 1.29 bits per heavy atom. The number of hydrogen-bond acceptors (Lipinski definition) is 2. The highest BCUT2D eigenvalue weighted by Gasteiger charge is 2.17. The lowest BCUT2D eigenvalue weighted by molar-refractivity contribution is 0.593. The van der Waals surface area contributed by atoms with E-state index in [1.54, 1.807) is 30.5 Å². The lowest BCUT2D eigenvalue weighted by Crippen LogP contribution is -2.14. The normalized spacial score (nSPS) is 12.5. The van der Waals surface area contributed by atoms with Crippen molar-refractivity contribution in [1.29, 1.82) is 0 Å². The van der Waals surface area contributed by atoms with Gasteiger partial charge in [-0.15, -0.1) is 0 Å². The van der Waals surface area contributed by atoms with Crippen LogP contribution < -0.4 is 5.73 Å². The largest absolute Gasteiger partial charge is 0.320 e. The Hall–Kier alpha value is -0.970. The molecule has 0 aliphatic heterocycles. The molecule has 0 saturated carbocycles. The Morgan fingerprint density at radius 2 is 2.06 bits per heavy atom. The molecule has 2 aromatic rings. The van der Waals surface area contributed by atoms with Gasteiger partial charge in [0.15, 0.2) is 0 Å². The number of halogens is 3. The van der Waals surface area contributed by atoms with Crippen molar-refractivity contribution in [3.63, 3.8) is 0 Å². The molecule has 0 bridgehead atoms. The minimum atomic E-state index is -0.608. The van der Waals surface area contributed by atoms with Crippen molar-refractivity contribution in [3.8, 4) is 0 Å². The second kappa shape index (κ2) is 5.12. The molecule has 0 saturated heterocycles. The predicted octanol–water partition coefficient (Wildman–Crippen LogP) is 3.68. The van der Waals surface area contributed by atoms with E-state index in [1.165, 1.54) is 6.20 Å². The average molecular weight is 316 g/mol. The number of hydrogen-bond donors (Lipinski definition) is 1. The van der Waals surface area contributed by atoms with Gasteiger partial charge >= 0.3 is 0 Å². The minimum Gasteiger partial charge on any atom is -0.320 e. The summed E-state index contributed by atoms with van der Waals surface area (Å²) >= 11 is 9.11. The maximum absolute atomic E-state index is 13.9. The fraction of sp³-hybridized carbons (Fsp3) is 0.0833. The van der Waals surface area contributed by atoms with Crippen LogP contribution >= 0.6 is 27.5 Å². The maximum Gasteiger partial charge on any atom is 0.142 e. The van der Waals surface area contributed by atoms with E-state index < -0.39 is 6.04 Å². The molecule has 0 radical (unpaired) electrons. The quantitative estimate of drug-likeness (QED) is 0.918. The number of aromatic nitrogens is 1. The molecule has 2 rings (SSSR count). The van der Waals surface area contributed by atoms with E-state index in [4.69, 9.17) is 17.3 Å². The van der Waals surface area contributed by atoms with Crippen LogP contribution in [0.25, 0.3) is 0 Å². The summed E-state index contributed by atoms with van der Waals surface area (Å²) in [6.45, 7) is 0. The Kier molecular flexibility index (Phi) is 3.76. The van der Waals surface area contributed by atoms with Gasteiger partial charge in [-0.25, -0.2) is 4.39 Å². The second-order valence-corrected chi connectivity index (χ2v) is 4.78. The summed E-state index contributed by atoms with van der Waals surface area (Å²) < 4.78 is 14.3.